The van der Waals surface area contributed by atoms with Crippen molar-refractivity contribution < 1.29 is 18.7 Å². The van der Waals surface area contributed by atoms with Gasteiger partial charge in [0.1, 0.15) is 11.5 Å². The fourth-order valence-electron chi connectivity index (χ4n) is 3.21. The molecule has 1 saturated heterocycles. The number of ether oxygens (including phenoxy) is 2. The van der Waals surface area contributed by atoms with Crippen molar-refractivity contribution in [1.29, 1.82) is 0 Å². The highest BCUT2D eigenvalue weighted by molar-refractivity contribution is 7.99. The molecule has 1 aliphatic rings. The number of morpholine rings is 1. The van der Waals surface area contributed by atoms with Gasteiger partial charge < -0.3 is 24.1 Å². The molecule has 9 nitrogen and oxygen atoms in total. The summed E-state index contributed by atoms with van der Waals surface area (Å²) in [5.41, 5.74) is 1.01. The molecule has 0 bridgehead atoms. The van der Waals surface area contributed by atoms with Gasteiger partial charge in [-0.1, -0.05) is 23.9 Å². The van der Waals surface area contributed by atoms with Crippen LogP contribution >= 0.6 is 11.8 Å². The molecule has 0 radical (unpaired) electrons. The predicted molar refractivity (Wildman–Crippen MR) is 116 cm³/mol. The van der Waals surface area contributed by atoms with Crippen molar-refractivity contribution in [1.82, 2.24) is 20.1 Å². The fourth-order valence-corrected chi connectivity index (χ4v) is 3.97. The summed E-state index contributed by atoms with van der Waals surface area (Å²) in [5, 5.41) is 12.3. The molecule has 0 unspecified atom stereocenters. The Morgan fingerprint density at radius 2 is 2.00 bits per heavy atom. The molecule has 1 aromatic carbocycles. The van der Waals surface area contributed by atoms with E-state index in [-0.39, 0.29) is 11.7 Å². The van der Waals surface area contributed by atoms with E-state index in [0.717, 1.165) is 36.1 Å². The van der Waals surface area contributed by atoms with Crippen LogP contribution in [0.4, 0.5) is 5.95 Å². The molecule has 1 aliphatic heterocycles. The molecule has 0 saturated carbocycles. The summed E-state index contributed by atoms with van der Waals surface area (Å²) < 4.78 is 18.1. The minimum Gasteiger partial charge on any atom is -0.497 e. The van der Waals surface area contributed by atoms with Crippen LogP contribution in [0.15, 0.2) is 52.2 Å². The Bertz CT molecular complexity index is 968. The number of carbonyl (C=O) groups excluding carboxylic acids is 1. The number of furan rings is 1. The summed E-state index contributed by atoms with van der Waals surface area (Å²) in [6.45, 7) is 3.78. The zero-order valence-corrected chi connectivity index (χ0v) is 18.1. The first-order valence-corrected chi connectivity index (χ1v) is 11.0. The first kappa shape index (κ1) is 21.3. The maximum Gasteiger partial charge on any atom is 0.230 e. The molecular formula is C21H25N5O4S. The normalized spacial score (nSPS) is 13.9. The van der Waals surface area contributed by atoms with Gasteiger partial charge in [-0.2, -0.15) is 0 Å². The Labute approximate surface area is 184 Å². The average Bonchev–Trinajstić information content (AvgIpc) is 3.47. The summed E-state index contributed by atoms with van der Waals surface area (Å²) in [5.74, 6) is 2.54. The van der Waals surface area contributed by atoms with E-state index in [4.69, 9.17) is 13.9 Å². The minimum absolute atomic E-state index is 0.0683. The number of amides is 1. The van der Waals surface area contributed by atoms with Crippen molar-refractivity contribution in [3.63, 3.8) is 0 Å². The summed E-state index contributed by atoms with van der Waals surface area (Å²) >= 11 is 1.36. The van der Waals surface area contributed by atoms with Gasteiger partial charge >= 0.3 is 0 Å². The van der Waals surface area contributed by atoms with Crippen LogP contribution in [-0.4, -0.2) is 59.8 Å². The third kappa shape index (κ3) is 5.59. The van der Waals surface area contributed by atoms with E-state index < -0.39 is 0 Å². The smallest absolute Gasteiger partial charge is 0.230 e. The van der Waals surface area contributed by atoms with Gasteiger partial charge in [-0.3, -0.25) is 9.36 Å². The van der Waals surface area contributed by atoms with Crippen LogP contribution in [0.3, 0.4) is 0 Å². The van der Waals surface area contributed by atoms with E-state index in [2.05, 4.69) is 20.4 Å². The standard InChI is InChI=1S/C21H25N5O4S/c1-28-17-6-4-16(5-7-17)13-22-19(27)15-31-21-24-23-20(25-8-11-29-12-9-25)26(21)14-18-3-2-10-30-18/h2-7,10H,8-9,11-15H2,1H3,(H,22,27). The highest BCUT2D eigenvalue weighted by Gasteiger charge is 2.22. The number of methoxy groups -OCH3 is 1. The lowest BCUT2D eigenvalue weighted by molar-refractivity contribution is -0.118. The largest absolute Gasteiger partial charge is 0.497 e. The van der Waals surface area contributed by atoms with E-state index in [1.807, 2.05) is 41.0 Å². The van der Waals surface area contributed by atoms with E-state index in [9.17, 15) is 4.79 Å². The third-order valence-corrected chi connectivity index (χ3v) is 5.83. The first-order chi connectivity index (χ1) is 15.2. The number of hydrogen-bond donors (Lipinski definition) is 1. The van der Waals surface area contributed by atoms with Crippen LogP contribution in [0.2, 0.25) is 0 Å². The lowest BCUT2D eigenvalue weighted by Crippen LogP contribution is -2.38. The van der Waals surface area contributed by atoms with Crippen molar-refractivity contribution in [2.45, 2.75) is 18.2 Å². The Hall–Kier alpha value is -2.98. The number of thioether (sulfide) groups is 1. The molecule has 1 amide bonds. The van der Waals surface area contributed by atoms with Crippen LogP contribution < -0.4 is 15.0 Å². The number of hydrogen-bond acceptors (Lipinski definition) is 8. The predicted octanol–water partition coefficient (Wildman–Crippen LogP) is 2.17. The summed E-state index contributed by atoms with van der Waals surface area (Å²) in [4.78, 5) is 14.5. The van der Waals surface area contributed by atoms with Gasteiger partial charge in [0.2, 0.25) is 11.9 Å². The van der Waals surface area contributed by atoms with E-state index in [1.165, 1.54) is 11.8 Å². The van der Waals surface area contributed by atoms with Gasteiger partial charge in [0, 0.05) is 19.6 Å². The molecule has 164 valence electrons. The zero-order chi connectivity index (χ0) is 21.5. The maximum absolute atomic E-state index is 12.4. The van der Waals surface area contributed by atoms with Crippen LogP contribution in [0.25, 0.3) is 0 Å². The van der Waals surface area contributed by atoms with Crippen molar-refractivity contribution >= 4 is 23.6 Å². The quantitative estimate of drug-likeness (QED) is 0.503. The second kappa shape index (κ2) is 10.4. The number of benzene rings is 1. The molecule has 0 aliphatic carbocycles. The number of aromatic nitrogens is 3. The van der Waals surface area contributed by atoms with Crippen molar-refractivity contribution in [2.24, 2.45) is 0 Å². The summed E-state index contributed by atoms with van der Waals surface area (Å²) in [6, 6.07) is 11.4. The molecule has 3 aromatic rings. The van der Waals surface area contributed by atoms with E-state index in [0.29, 0.717) is 31.5 Å². The van der Waals surface area contributed by atoms with Crippen LogP contribution in [0.5, 0.6) is 5.75 Å². The minimum atomic E-state index is -0.0683. The van der Waals surface area contributed by atoms with Gasteiger partial charge in [-0.25, -0.2) is 0 Å². The Morgan fingerprint density at radius 1 is 1.19 bits per heavy atom. The van der Waals surface area contributed by atoms with Crippen molar-refractivity contribution in [2.75, 3.05) is 44.1 Å². The molecule has 2 aromatic heterocycles. The molecular weight excluding hydrogens is 418 g/mol. The number of carbonyl (C=O) groups is 1. The fraction of sp³-hybridized carbons (Fsp3) is 0.381. The average molecular weight is 444 g/mol. The highest BCUT2D eigenvalue weighted by atomic mass is 32.2. The van der Waals surface area contributed by atoms with Gasteiger partial charge in [0.05, 0.1) is 38.9 Å². The third-order valence-electron chi connectivity index (χ3n) is 4.87. The Morgan fingerprint density at radius 3 is 2.71 bits per heavy atom. The van der Waals surface area contributed by atoms with Crippen LogP contribution in [-0.2, 0) is 22.6 Å². The Kier molecular flexibility index (Phi) is 7.11. The number of anilines is 1. The monoisotopic (exact) mass is 443 g/mol. The number of rotatable bonds is 9. The topological polar surface area (TPSA) is 94.6 Å². The molecule has 0 spiro atoms. The van der Waals surface area contributed by atoms with Gasteiger partial charge in [0.25, 0.3) is 0 Å². The van der Waals surface area contributed by atoms with Gasteiger partial charge in [-0.05, 0) is 29.8 Å². The second-order valence-electron chi connectivity index (χ2n) is 6.96. The summed E-state index contributed by atoms with van der Waals surface area (Å²) in [6.07, 6.45) is 1.65. The molecule has 1 fully saturated rings. The maximum atomic E-state index is 12.4. The van der Waals surface area contributed by atoms with Crippen LogP contribution in [0.1, 0.15) is 11.3 Å². The lowest BCUT2D eigenvalue weighted by atomic mass is 10.2. The van der Waals surface area contributed by atoms with Crippen LogP contribution in [0, 0.1) is 0 Å². The van der Waals surface area contributed by atoms with Gasteiger partial charge in [-0.15, -0.1) is 10.2 Å². The second-order valence-corrected chi connectivity index (χ2v) is 7.90. The number of nitrogens with zero attached hydrogens (tertiary/aromatic N) is 4. The molecule has 4 rings (SSSR count). The highest BCUT2D eigenvalue weighted by Crippen LogP contribution is 2.24. The molecule has 31 heavy (non-hydrogen) atoms. The SMILES string of the molecule is COc1ccc(CNC(=O)CSc2nnc(N3CCOCC3)n2Cc2ccco2)cc1. The lowest BCUT2D eigenvalue weighted by Gasteiger charge is -2.27. The van der Waals surface area contributed by atoms with E-state index in [1.54, 1.807) is 13.4 Å². The molecule has 0 atom stereocenters. The first-order valence-electron chi connectivity index (χ1n) is 10.0. The van der Waals surface area contributed by atoms with Gasteiger partial charge in [0.15, 0.2) is 5.16 Å². The van der Waals surface area contributed by atoms with Crippen molar-refractivity contribution in [3.8, 4) is 5.75 Å². The van der Waals surface area contributed by atoms with Crippen molar-refractivity contribution in [3.05, 3.63) is 54.0 Å². The number of nitrogens with one attached hydrogen (secondary N) is 1. The molecule has 1 N–H and O–H groups in total. The molecule has 3 heterocycles. The van der Waals surface area contributed by atoms with E-state index >= 15 is 0 Å². The Balaban J connectivity index is 1.38. The summed E-state index contributed by atoms with van der Waals surface area (Å²) in [7, 11) is 1.63. The zero-order valence-electron chi connectivity index (χ0n) is 17.3. The molecule has 10 heteroatoms.